The van der Waals surface area contributed by atoms with Crippen LogP contribution in [-0.4, -0.2) is 39.3 Å². The highest BCUT2D eigenvalue weighted by Crippen LogP contribution is 2.30. The molecule has 3 heterocycles. The summed E-state index contributed by atoms with van der Waals surface area (Å²) in [5.41, 5.74) is 1.72. The summed E-state index contributed by atoms with van der Waals surface area (Å²) in [6, 6.07) is 16.8. The fourth-order valence-corrected chi connectivity index (χ4v) is 3.83. The molecule has 0 saturated heterocycles. The fourth-order valence-electron chi connectivity index (χ4n) is 3.83. The number of carbonyl (C=O) groups excluding carboxylic acids is 1. The molecule has 2 aromatic heterocycles. The normalized spacial score (nSPS) is 14.9. The molecule has 4 aromatic rings. The third kappa shape index (κ3) is 4.17. The number of hydrogen-bond acceptors (Lipinski definition) is 5. The van der Waals surface area contributed by atoms with Crippen molar-refractivity contribution >= 4 is 17.1 Å². The van der Waals surface area contributed by atoms with Crippen molar-refractivity contribution in [2.24, 2.45) is 0 Å². The van der Waals surface area contributed by atoms with Gasteiger partial charge in [-0.05, 0) is 42.0 Å². The summed E-state index contributed by atoms with van der Waals surface area (Å²) in [6.45, 7) is 0.847. The first kappa shape index (κ1) is 20.7. The van der Waals surface area contributed by atoms with E-state index in [1.165, 1.54) is 16.7 Å². The number of nitrogens with zero attached hydrogens (tertiary/aromatic N) is 3. The van der Waals surface area contributed by atoms with Gasteiger partial charge in [-0.25, -0.2) is 14.2 Å². The SMILES string of the molecule is O=C(NCCn1c(=O)n(Cc2ccc(F)cc2)c2cccnc21)C1COc2ccccc2O1. The van der Waals surface area contributed by atoms with Gasteiger partial charge in [-0.2, -0.15) is 0 Å². The summed E-state index contributed by atoms with van der Waals surface area (Å²) in [5, 5.41) is 2.81. The van der Waals surface area contributed by atoms with Gasteiger partial charge in [0, 0.05) is 19.3 Å². The van der Waals surface area contributed by atoms with Crippen molar-refractivity contribution in [3.8, 4) is 11.5 Å². The Bertz CT molecular complexity index is 1360. The number of nitrogens with one attached hydrogen (secondary N) is 1. The van der Waals surface area contributed by atoms with Gasteiger partial charge in [0.05, 0.1) is 12.1 Å². The quantitative estimate of drug-likeness (QED) is 0.489. The summed E-state index contributed by atoms with van der Waals surface area (Å²) in [7, 11) is 0. The van der Waals surface area contributed by atoms with E-state index in [1.54, 1.807) is 41.1 Å². The zero-order valence-electron chi connectivity index (χ0n) is 17.6. The van der Waals surface area contributed by atoms with Crippen LogP contribution in [0.25, 0.3) is 11.2 Å². The average molecular weight is 448 g/mol. The van der Waals surface area contributed by atoms with E-state index in [-0.39, 0.29) is 43.7 Å². The van der Waals surface area contributed by atoms with Crippen molar-refractivity contribution in [3.05, 3.63) is 88.7 Å². The number of aromatic nitrogens is 3. The zero-order valence-corrected chi connectivity index (χ0v) is 17.6. The molecule has 0 saturated carbocycles. The highest BCUT2D eigenvalue weighted by Gasteiger charge is 2.27. The molecular weight excluding hydrogens is 427 g/mol. The number of pyridine rings is 1. The number of hydrogen-bond donors (Lipinski definition) is 1. The molecule has 168 valence electrons. The van der Waals surface area contributed by atoms with Crippen LogP contribution in [-0.2, 0) is 17.9 Å². The minimum absolute atomic E-state index is 0.112. The Kier molecular flexibility index (Phi) is 5.52. The molecule has 0 bridgehead atoms. The minimum Gasteiger partial charge on any atom is -0.485 e. The molecule has 0 radical (unpaired) electrons. The number of benzene rings is 2. The highest BCUT2D eigenvalue weighted by atomic mass is 19.1. The summed E-state index contributed by atoms with van der Waals surface area (Å²) < 4.78 is 27.7. The van der Waals surface area contributed by atoms with Crippen LogP contribution < -0.4 is 20.5 Å². The monoisotopic (exact) mass is 448 g/mol. The van der Waals surface area contributed by atoms with E-state index < -0.39 is 6.10 Å². The molecule has 1 atom stereocenters. The number of halogens is 1. The molecule has 1 unspecified atom stereocenters. The van der Waals surface area contributed by atoms with E-state index in [1.807, 2.05) is 18.2 Å². The molecule has 0 spiro atoms. The van der Waals surface area contributed by atoms with Gasteiger partial charge >= 0.3 is 5.69 Å². The number of para-hydroxylation sites is 2. The van der Waals surface area contributed by atoms with E-state index >= 15 is 0 Å². The van der Waals surface area contributed by atoms with E-state index in [4.69, 9.17) is 9.47 Å². The largest absolute Gasteiger partial charge is 0.485 e. The minimum atomic E-state index is -0.769. The lowest BCUT2D eigenvalue weighted by Gasteiger charge is -2.25. The van der Waals surface area contributed by atoms with Crippen LogP contribution in [0.3, 0.4) is 0 Å². The van der Waals surface area contributed by atoms with Crippen LogP contribution in [0.1, 0.15) is 5.56 Å². The van der Waals surface area contributed by atoms with Gasteiger partial charge < -0.3 is 14.8 Å². The number of carbonyl (C=O) groups is 1. The lowest BCUT2D eigenvalue weighted by molar-refractivity contribution is -0.130. The Labute approximate surface area is 188 Å². The number of imidazole rings is 1. The first-order chi connectivity index (χ1) is 16.1. The lowest BCUT2D eigenvalue weighted by Crippen LogP contribution is -2.45. The second-order valence-corrected chi connectivity index (χ2v) is 7.65. The van der Waals surface area contributed by atoms with Gasteiger partial charge in [0.25, 0.3) is 5.91 Å². The van der Waals surface area contributed by atoms with Crippen LogP contribution in [0.4, 0.5) is 4.39 Å². The van der Waals surface area contributed by atoms with Crippen LogP contribution in [0.15, 0.2) is 71.7 Å². The maximum Gasteiger partial charge on any atom is 0.330 e. The molecule has 9 heteroatoms. The van der Waals surface area contributed by atoms with Crippen LogP contribution in [0.2, 0.25) is 0 Å². The smallest absolute Gasteiger partial charge is 0.330 e. The topological polar surface area (TPSA) is 87.4 Å². The summed E-state index contributed by atoms with van der Waals surface area (Å²) >= 11 is 0. The molecular formula is C24H21FN4O4. The fraction of sp³-hybridized carbons (Fsp3) is 0.208. The van der Waals surface area contributed by atoms with Crippen LogP contribution in [0, 0.1) is 5.82 Å². The summed E-state index contributed by atoms with van der Waals surface area (Å²) in [4.78, 5) is 30.1. The third-order valence-corrected chi connectivity index (χ3v) is 5.46. The Hall–Kier alpha value is -4.14. The Morgan fingerprint density at radius 3 is 2.67 bits per heavy atom. The molecule has 1 aliphatic rings. The molecule has 33 heavy (non-hydrogen) atoms. The van der Waals surface area contributed by atoms with Gasteiger partial charge in [0.15, 0.2) is 17.1 Å². The van der Waals surface area contributed by atoms with E-state index in [2.05, 4.69) is 10.3 Å². The molecule has 1 N–H and O–H groups in total. The molecule has 5 rings (SSSR count). The second-order valence-electron chi connectivity index (χ2n) is 7.65. The predicted octanol–water partition coefficient (Wildman–Crippen LogP) is 2.34. The molecule has 0 fully saturated rings. The standard InChI is InChI=1S/C24H21FN4O4/c25-17-9-7-16(8-10-17)14-29-18-4-3-11-26-22(18)28(24(29)31)13-12-27-23(30)21-15-32-19-5-1-2-6-20(19)33-21/h1-11,21H,12-15H2,(H,27,30). The number of ether oxygens (including phenoxy) is 2. The van der Waals surface area contributed by atoms with Gasteiger partial charge in [-0.1, -0.05) is 24.3 Å². The maximum atomic E-state index is 13.2. The van der Waals surface area contributed by atoms with Crippen molar-refractivity contribution in [1.82, 2.24) is 19.4 Å². The van der Waals surface area contributed by atoms with Gasteiger partial charge in [-0.15, -0.1) is 0 Å². The Balaban J connectivity index is 1.29. The lowest BCUT2D eigenvalue weighted by atomic mass is 10.2. The van der Waals surface area contributed by atoms with Crippen molar-refractivity contribution in [1.29, 1.82) is 0 Å². The van der Waals surface area contributed by atoms with Crippen molar-refractivity contribution < 1.29 is 18.7 Å². The maximum absolute atomic E-state index is 13.2. The van der Waals surface area contributed by atoms with Gasteiger partial charge in [0.2, 0.25) is 6.10 Å². The Morgan fingerprint density at radius 2 is 1.85 bits per heavy atom. The molecule has 1 amide bonds. The number of amides is 1. The van der Waals surface area contributed by atoms with Gasteiger partial charge in [-0.3, -0.25) is 13.9 Å². The van der Waals surface area contributed by atoms with E-state index in [0.29, 0.717) is 22.7 Å². The summed E-state index contributed by atoms with van der Waals surface area (Å²) in [5.74, 6) is 0.476. The highest BCUT2D eigenvalue weighted by molar-refractivity contribution is 5.81. The van der Waals surface area contributed by atoms with Crippen molar-refractivity contribution in [2.45, 2.75) is 19.2 Å². The van der Waals surface area contributed by atoms with E-state index in [9.17, 15) is 14.0 Å². The zero-order chi connectivity index (χ0) is 22.8. The molecule has 1 aliphatic heterocycles. The number of rotatable bonds is 6. The van der Waals surface area contributed by atoms with E-state index in [0.717, 1.165) is 5.56 Å². The van der Waals surface area contributed by atoms with Crippen molar-refractivity contribution in [2.75, 3.05) is 13.2 Å². The number of fused-ring (bicyclic) bond motifs is 2. The first-order valence-electron chi connectivity index (χ1n) is 10.5. The molecule has 2 aromatic carbocycles. The second kappa shape index (κ2) is 8.78. The van der Waals surface area contributed by atoms with Gasteiger partial charge in [0.1, 0.15) is 12.4 Å². The average Bonchev–Trinajstić information content (AvgIpc) is 3.11. The van der Waals surface area contributed by atoms with Crippen molar-refractivity contribution in [3.63, 3.8) is 0 Å². The molecule has 8 nitrogen and oxygen atoms in total. The predicted molar refractivity (Wildman–Crippen MR) is 119 cm³/mol. The molecule has 0 aliphatic carbocycles. The van der Waals surface area contributed by atoms with Crippen LogP contribution in [0.5, 0.6) is 11.5 Å². The first-order valence-corrected chi connectivity index (χ1v) is 10.5. The van der Waals surface area contributed by atoms with Crippen LogP contribution >= 0.6 is 0 Å². The Morgan fingerprint density at radius 1 is 1.06 bits per heavy atom. The third-order valence-electron chi connectivity index (χ3n) is 5.46. The summed E-state index contributed by atoms with van der Waals surface area (Å²) in [6.07, 6.45) is 0.846.